The summed E-state index contributed by atoms with van der Waals surface area (Å²) in [5, 5.41) is 3.91. The number of ether oxygens (including phenoxy) is 2. The highest BCUT2D eigenvalue weighted by atomic mass is 32.2. The van der Waals surface area contributed by atoms with Gasteiger partial charge in [-0.05, 0) is 54.3 Å². The molecule has 1 atom stereocenters. The lowest BCUT2D eigenvalue weighted by atomic mass is 10.1. The quantitative estimate of drug-likeness (QED) is 0.345. The van der Waals surface area contributed by atoms with Crippen LogP contribution in [0.25, 0.3) is 11.0 Å². The van der Waals surface area contributed by atoms with E-state index in [0.29, 0.717) is 18.7 Å². The van der Waals surface area contributed by atoms with Gasteiger partial charge in [0.1, 0.15) is 5.75 Å². The summed E-state index contributed by atoms with van der Waals surface area (Å²) in [6.45, 7) is 2.05. The molecule has 1 amide bonds. The van der Waals surface area contributed by atoms with Crippen LogP contribution in [-0.4, -0.2) is 46.8 Å². The summed E-state index contributed by atoms with van der Waals surface area (Å²) in [7, 11) is 1.67. The van der Waals surface area contributed by atoms with Crippen molar-refractivity contribution in [1.29, 1.82) is 0 Å². The summed E-state index contributed by atoms with van der Waals surface area (Å²) in [6.07, 6.45) is 5.85. The third-order valence-electron chi connectivity index (χ3n) is 6.11. The van der Waals surface area contributed by atoms with Gasteiger partial charge in [0.2, 0.25) is 0 Å². The van der Waals surface area contributed by atoms with Crippen LogP contribution in [0.3, 0.4) is 0 Å². The molecule has 7 nitrogen and oxygen atoms in total. The van der Waals surface area contributed by atoms with Crippen molar-refractivity contribution in [2.45, 2.75) is 36.4 Å². The van der Waals surface area contributed by atoms with Crippen LogP contribution in [0, 0.1) is 0 Å². The van der Waals surface area contributed by atoms with Crippen LogP contribution >= 0.6 is 11.8 Å². The summed E-state index contributed by atoms with van der Waals surface area (Å²) in [6, 6.07) is 17.8. The third kappa shape index (κ3) is 5.66. The Balaban J connectivity index is 1.26. The first kappa shape index (κ1) is 23.4. The summed E-state index contributed by atoms with van der Waals surface area (Å²) < 4.78 is 13.1. The SMILES string of the molecule is COc1ccc(Cn2c(SCc3ccc(C(=O)NC[C@@H]4CCCO4)cc3)nc3ccncc32)cc1. The fourth-order valence-corrected chi connectivity index (χ4v) is 5.11. The van der Waals surface area contributed by atoms with E-state index in [1.807, 2.05) is 48.7 Å². The van der Waals surface area contributed by atoms with Gasteiger partial charge < -0.3 is 19.4 Å². The molecule has 0 saturated carbocycles. The number of hydrogen-bond acceptors (Lipinski definition) is 6. The second-order valence-corrected chi connectivity index (χ2v) is 9.47. The number of imidazole rings is 1. The number of nitrogens with one attached hydrogen (secondary N) is 1. The minimum Gasteiger partial charge on any atom is -0.497 e. The van der Waals surface area contributed by atoms with E-state index in [-0.39, 0.29) is 12.0 Å². The number of carbonyl (C=O) groups excluding carboxylic acids is 1. The average Bonchev–Trinajstić information content (AvgIpc) is 3.55. The molecule has 0 spiro atoms. The minimum atomic E-state index is -0.0616. The van der Waals surface area contributed by atoms with Crippen LogP contribution < -0.4 is 10.1 Å². The van der Waals surface area contributed by atoms with Crippen LogP contribution in [-0.2, 0) is 17.0 Å². The van der Waals surface area contributed by atoms with E-state index in [1.165, 1.54) is 0 Å². The topological polar surface area (TPSA) is 78.3 Å². The highest BCUT2D eigenvalue weighted by molar-refractivity contribution is 7.98. The molecular weight excluding hydrogens is 460 g/mol. The molecule has 0 radical (unpaired) electrons. The molecule has 0 unspecified atom stereocenters. The van der Waals surface area contributed by atoms with E-state index in [2.05, 4.69) is 27.0 Å². The lowest BCUT2D eigenvalue weighted by molar-refractivity contribution is 0.0858. The fourth-order valence-electron chi connectivity index (χ4n) is 4.14. The van der Waals surface area contributed by atoms with Gasteiger partial charge in [-0.15, -0.1) is 0 Å². The standard InChI is InChI=1S/C27H28N4O3S/c1-33-22-10-6-19(7-11-22)17-31-25-16-28-13-12-24(25)30-27(31)35-18-20-4-8-21(9-5-20)26(32)29-15-23-3-2-14-34-23/h4-13,16,23H,2-3,14-15,17-18H2,1H3,(H,29,32)/t23-/m0/s1. The van der Waals surface area contributed by atoms with Gasteiger partial charge in [0.05, 0.1) is 37.0 Å². The zero-order chi connectivity index (χ0) is 24.0. The maximum atomic E-state index is 12.5. The summed E-state index contributed by atoms with van der Waals surface area (Å²) in [4.78, 5) is 21.6. The molecule has 3 heterocycles. The average molecular weight is 489 g/mol. The molecule has 1 fully saturated rings. The van der Waals surface area contributed by atoms with Crippen molar-refractivity contribution in [2.75, 3.05) is 20.3 Å². The number of nitrogens with zero attached hydrogens (tertiary/aromatic N) is 3. The van der Waals surface area contributed by atoms with Crippen molar-refractivity contribution in [3.8, 4) is 5.75 Å². The first-order valence-electron chi connectivity index (χ1n) is 11.7. The Morgan fingerprint density at radius 3 is 2.69 bits per heavy atom. The largest absolute Gasteiger partial charge is 0.497 e. The Morgan fingerprint density at radius 2 is 1.94 bits per heavy atom. The Morgan fingerprint density at radius 1 is 1.14 bits per heavy atom. The van der Waals surface area contributed by atoms with E-state index < -0.39 is 0 Å². The molecule has 4 aromatic rings. The molecule has 8 heteroatoms. The van der Waals surface area contributed by atoms with Crippen molar-refractivity contribution < 1.29 is 14.3 Å². The Bertz CT molecular complexity index is 1280. The predicted molar refractivity (Wildman–Crippen MR) is 137 cm³/mol. The van der Waals surface area contributed by atoms with Gasteiger partial charge in [-0.3, -0.25) is 9.78 Å². The van der Waals surface area contributed by atoms with Crippen LogP contribution in [0.4, 0.5) is 0 Å². The first-order valence-corrected chi connectivity index (χ1v) is 12.7. The Hall–Kier alpha value is -3.36. The van der Waals surface area contributed by atoms with Crippen molar-refractivity contribution in [2.24, 2.45) is 0 Å². The van der Waals surface area contributed by atoms with E-state index in [4.69, 9.17) is 14.5 Å². The molecule has 180 valence electrons. The number of thioether (sulfide) groups is 1. The highest BCUT2D eigenvalue weighted by Gasteiger charge is 2.17. The molecule has 5 rings (SSSR count). The Labute approximate surface area is 208 Å². The third-order valence-corrected chi connectivity index (χ3v) is 7.16. The van der Waals surface area contributed by atoms with Crippen LogP contribution in [0.15, 0.2) is 72.1 Å². The van der Waals surface area contributed by atoms with Gasteiger partial charge in [-0.1, -0.05) is 36.0 Å². The van der Waals surface area contributed by atoms with E-state index in [1.54, 1.807) is 25.1 Å². The number of methoxy groups -OCH3 is 1. The second-order valence-electron chi connectivity index (χ2n) is 8.52. The molecule has 1 aliphatic rings. The molecule has 0 aliphatic carbocycles. The molecule has 2 aromatic heterocycles. The smallest absolute Gasteiger partial charge is 0.251 e. The lowest BCUT2D eigenvalue weighted by Gasteiger charge is -2.11. The molecule has 0 bridgehead atoms. The molecule has 35 heavy (non-hydrogen) atoms. The van der Waals surface area contributed by atoms with Gasteiger partial charge in [-0.25, -0.2) is 4.98 Å². The van der Waals surface area contributed by atoms with Crippen molar-refractivity contribution in [1.82, 2.24) is 19.9 Å². The van der Waals surface area contributed by atoms with Gasteiger partial charge in [0.25, 0.3) is 5.91 Å². The maximum absolute atomic E-state index is 12.5. The number of rotatable bonds is 9. The second kappa shape index (κ2) is 10.9. The predicted octanol–water partition coefficient (Wildman–Crippen LogP) is 4.69. The molecular formula is C27H28N4O3S. The monoisotopic (exact) mass is 488 g/mol. The summed E-state index contributed by atoms with van der Waals surface area (Å²) in [5.41, 5.74) is 4.88. The van der Waals surface area contributed by atoms with E-state index in [0.717, 1.165) is 58.3 Å². The van der Waals surface area contributed by atoms with Crippen molar-refractivity contribution in [3.63, 3.8) is 0 Å². The van der Waals surface area contributed by atoms with Gasteiger partial charge in [0.15, 0.2) is 5.16 Å². The molecule has 2 aromatic carbocycles. The number of benzene rings is 2. The van der Waals surface area contributed by atoms with Gasteiger partial charge in [-0.2, -0.15) is 0 Å². The minimum absolute atomic E-state index is 0.0616. The zero-order valence-corrected chi connectivity index (χ0v) is 20.5. The number of hydrogen-bond donors (Lipinski definition) is 1. The number of aromatic nitrogens is 3. The number of pyridine rings is 1. The Kier molecular flexibility index (Phi) is 7.30. The summed E-state index contributed by atoms with van der Waals surface area (Å²) >= 11 is 1.68. The number of amides is 1. The zero-order valence-electron chi connectivity index (χ0n) is 19.6. The van der Waals surface area contributed by atoms with E-state index >= 15 is 0 Å². The fraction of sp³-hybridized carbons (Fsp3) is 0.296. The number of fused-ring (bicyclic) bond motifs is 1. The molecule has 1 saturated heterocycles. The van der Waals surface area contributed by atoms with Gasteiger partial charge in [0, 0.05) is 30.7 Å². The lowest BCUT2D eigenvalue weighted by Crippen LogP contribution is -2.31. The van der Waals surface area contributed by atoms with Crippen LogP contribution in [0.2, 0.25) is 0 Å². The van der Waals surface area contributed by atoms with Gasteiger partial charge >= 0.3 is 0 Å². The van der Waals surface area contributed by atoms with Crippen molar-refractivity contribution >= 4 is 28.7 Å². The normalized spacial score (nSPS) is 15.4. The van der Waals surface area contributed by atoms with Crippen LogP contribution in [0.5, 0.6) is 5.75 Å². The maximum Gasteiger partial charge on any atom is 0.251 e. The highest BCUT2D eigenvalue weighted by Crippen LogP contribution is 2.28. The summed E-state index contributed by atoms with van der Waals surface area (Å²) in [5.74, 6) is 1.52. The number of carbonyl (C=O) groups is 1. The van der Waals surface area contributed by atoms with Crippen molar-refractivity contribution in [3.05, 3.63) is 83.7 Å². The molecule has 1 N–H and O–H groups in total. The first-order chi connectivity index (χ1) is 17.2. The van der Waals surface area contributed by atoms with E-state index in [9.17, 15) is 4.79 Å². The molecule has 1 aliphatic heterocycles. The van der Waals surface area contributed by atoms with Crippen LogP contribution in [0.1, 0.15) is 34.3 Å².